The SMILES string of the molecule is CCOc1c(O)c2c(NC(C)=O)cccc2n(C)c1=O. The van der Waals surface area contributed by atoms with E-state index in [0.717, 1.165) is 0 Å². The number of rotatable bonds is 3. The van der Waals surface area contributed by atoms with Crippen LogP contribution in [0.15, 0.2) is 23.0 Å². The molecule has 1 heterocycles. The number of carbonyl (C=O) groups excluding carboxylic acids is 1. The molecular formula is C14H16N2O4. The van der Waals surface area contributed by atoms with E-state index in [1.165, 1.54) is 11.5 Å². The van der Waals surface area contributed by atoms with Crippen LogP contribution in [0.25, 0.3) is 10.9 Å². The Morgan fingerprint density at radius 1 is 1.45 bits per heavy atom. The van der Waals surface area contributed by atoms with Crippen LogP contribution in [0.5, 0.6) is 11.5 Å². The number of carbonyl (C=O) groups is 1. The summed E-state index contributed by atoms with van der Waals surface area (Å²) < 4.78 is 6.60. The van der Waals surface area contributed by atoms with Crippen molar-refractivity contribution in [3.63, 3.8) is 0 Å². The Morgan fingerprint density at radius 2 is 2.15 bits per heavy atom. The quantitative estimate of drug-likeness (QED) is 0.892. The summed E-state index contributed by atoms with van der Waals surface area (Å²) in [6.07, 6.45) is 0. The van der Waals surface area contributed by atoms with Crippen LogP contribution in [0.1, 0.15) is 13.8 Å². The molecule has 1 aromatic heterocycles. The number of benzene rings is 1. The molecule has 0 unspecified atom stereocenters. The smallest absolute Gasteiger partial charge is 0.297 e. The number of anilines is 1. The molecule has 0 saturated carbocycles. The lowest BCUT2D eigenvalue weighted by molar-refractivity contribution is -0.114. The van der Waals surface area contributed by atoms with E-state index in [0.29, 0.717) is 16.6 Å². The number of aromatic nitrogens is 1. The lowest BCUT2D eigenvalue weighted by atomic mass is 10.1. The summed E-state index contributed by atoms with van der Waals surface area (Å²) in [7, 11) is 1.59. The van der Waals surface area contributed by atoms with Crippen molar-refractivity contribution < 1.29 is 14.6 Å². The zero-order chi connectivity index (χ0) is 14.9. The molecule has 106 valence electrons. The minimum absolute atomic E-state index is 0.111. The summed E-state index contributed by atoms with van der Waals surface area (Å²) in [4.78, 5) is 23.4. The van der Waals surface area contributed by atoms with E-state index in [2.05, 4.69) is 5.32 Å². The summed E-state index contributed by atoms with van der Waals surface area (Å²) in [6.45, 7) is 3.36. The molecule has 0 atom stereocenters. The third kappa shape index (κ3) is 2.20. The molecule has 0 saturated heterocycles. The minimum atomic E-state index is -0.420. The van der Waals surface area contributed by atoms with Crippen molar-refractivity contribution in [2.24, 2.45) is 7.05 Å². The second kappa shape index (κ2) is 5.24. The molecule has 2 aromatic rings. The van der Waals surface area contributed by atoms with Crippen LogP contribution in [-0.4, -0.2) is 22.2 Å². The maximum absolute atomic E-state index is 12.1. The van der Waals surface area contributed by atoms with Gasteiger partial charge in [0.25, 0.3) is 5.56 Å². The van der Waals surface area contributed by atoms with Gasteiger partial charge in [-0.25, -0.2) is 0 Å². The number of aromatic hydroxyl groups is 1. The van der Waals surface area contributed by atoms with Gasteiger partial charge in [-0.1, -0.05) is 6.07 Å². The summed E-state index contributed by atoms with van der Waals surface area (Å²) in [5.74, 6) is -0.627. The molecule has 0 aliphatic carbocycles. The number of hydrogen-bond acceptors (Lipinski definition) is 4. The van der Waals surface area contributed by atoms with Crippen LogP contribution in [0.2, 0.25) is 0 Å². The fraction of sp³-hybridized carbons (Fsp3) is 0.286. The maximum Gasteiger partial charge on any atom is 0.297 e. The van der Waals surface area contributed by atoms with Crippen LogP contribution in [-0.2, 0) is 11.8 Å². The second-order valence-corrected chi connectivity index (χ2v) is 4.36. The topological polar surface area (TPSA) is 80.6 Å². The number of aryl methyl sites for hydroxylation is 1. The van der Waals surface area contributed by atoms with E-state index in [9.17, 15) is 14.7 Å². The van der Waals surface area contributed by atoms with Gasteiger partial charge in [-0.2, -0.15) is 0 Å². The van der Waals surface area contributed by atoms with Gasteiger partial charge in [-0.15, -0.1) is 0 Å². The van der Waals surface area contributed by atoms with Gasteiger partial charge >= 0.3 is 0 Å². The number of fused-ring (bicyclic) bond motifs is 1. The average Bonchev–Trinajstić information content (AvgIpc) is 2.40. The van der Waals surface area contributed by atoms with Crippen molar-refractivity contribution in [3.8, 4) is 11.5 Å². The Bertz CT molecular complexity index is 734. The van der Waals surface area contributed by atoms with Gasteiger partial charge in [-0.3, -0.25) is 9.59 Å². The van der Waals surface area contributed by atoms with Crippen LogP contribution in [0.3, 0.4) is 0 Å². The van der Waals surface area contributed by atoms with E-state index in [-0.39, 0.29) is 24.0 Å². The Hall–Kier alpha value is -2.50. The Morgan fingerprint density at radius 3 is 2.75 bits per heavy atom. The largest absolute Gasteiger partial charge is 0.504 e. The molecule has 2 N–H and O–H groups in total. The number of hydrogen-bond donors (Lipinski definition) is 2. The van der Waals surface area contributed by atoms with Crippen LogP contribution >= 0.6 is 0 Å². The van der Waals surface area contributed by atoms with Crippen molar-refractivity contribution in [2.75, 3.05) is 11.9 Å². The van der Waals surface area contributed by atoms with Gasteiger partial charge in [-0.05, 0) is 19.1 Å². The standard InChI is InChI=1S/C14H16N2O4/c1-4-20-13-12(18)11-9(15-8(2)17)6-5-7-10(11)16(3)14(13)19/h5-7,18H,4H2,1-3H3,(H,15,17). The summed E-state index contributed by atoms with van der Waals surface area (Å²) >= 11 is 0. The van der Waals surface area contributed by atoms with Crippen molar-refractivity contribution in [1.82, 2.24) is 4.57 Å². The predicted molar refractivity (Wildman–Crippen MR) is 76.3 cm³/mol. The Balaban J connectivity index is 2.86. The third-order valence-corrected chi connectivity index (χ3v) is 2.95. The molecule has 0 aliphatic rings. The predicted octanol–water partition coefficient (Wildman–Crippen LogP) is 1.60. The maximum atomic E-state index is 12.1. The van der Waals surface area contributed by atoms with E-state index in [1.807, 2.05) is 0 Å². The molecule has 2 rings (SSSR count). The first-order chi connectivity index (χ1) is 9.47. The molecule has 1 amide bonds. The molecule has 6 nitrogen and oxygen atoms in total. The van der Waals surface area contributed by atoms with Crippen LogP contribution in [0.4, 0.5) is 5.69 Å². The van der Waals surface area contributed by atoms with Crippen molar-refractivity contribution in [1.29, 1.82) is 0 Å². The van der Waals surface area contributed by atoms with Gasteiger partial charge in [0, 0.05) is 14.0 Å². The molecular weight excluding hydrogens is 260 g/mol. The van der Waals surface area contributed by atoms with Crippen molar-refractivity contribution in [2.45, 2.75) is 13.8 Å². The first-order valence-corrected chi connectivity index (χ1v) is 6.22. The molecule has 1 aromatic carbocycles. The number of ether oxygens (including phenoxy) is 1. The van der Waals surface area contributed by atoms with E-state index in [1.54, 1.807) is 32.2 Å². The van der Waals surface area contributed by atoms with Gasteiger partial charge in [0.15, 0.2) is 5.75 Å². The van der Waals surface area contributed by atoms with Crippen LogP contribution < -0.4 is 15.6 Å². The molecule has 0 aliphatic heterocycles. The number of pyridine rings is 1. The van der Waals surface area contributed by atoms with E-state index >= 15 is 0 Å². The molecule has 0 radical (unpaired) electrons. The zero-order valence-corrected chi connectivity index (χ0v) is 11.6. The molecule has 20 heavy (non-hydrogen) atoms. The summed E-state index contributed by atoms with van der Waals surface area (Å²) in [5.41, 5.74) is 0.531. The van der Waals surface area contributed by atoms with Crippen molar-refractivity contribution >= 4 is 22.5 Å². The Labute approximate surface area is 115 Å². The second-order valence-electron chi connectivity index (χ2n) is 4.36. The minimum Gasteiger partial charge on any atom is -0.504 e. The highest BCUT2D eigenvalue weighted by atomic mass is 16.5. The van der Waals surface area contributed by atoms with Crippen LogP contribution in [0, 0.1) is 0 Å². The zero-order valence-electron chi connectivity index (χ0n) is 11.6. The fourth-order valence-corrected chi connectivity index (χ4v) is 2.11. The number of amides is 1. The normalized spacial score (nSPS) is 10.6. The van der Waals surface area contributed by atoms with Gasteiger partial charge in [0.2, 0.25) is 11.7 Å². The van der Waals surface area contributed by atoms with Crippen molar-refractivity contribution in [3.05, 3.63) is 28.6 Å². The van der Waals surface area contributed by atoms with E-state index < -0.39 is 5.56 Å². The van der Waals surface area contributed by atoms with Gasteiger partial charge in [0.1, 0.15) is 0 Å². The highest BCUT2D eigenvalue weighted by Crippen LogP contribution is 2.36. The van der Waals surface area contributed by atoms with Gasteiger partial charge in [0.05, 0.1) is 23.2 Å². The van der Waals surface area contributed by atoms with E-state index in [4.69, 9.17) is 4.74 Å². The molecule has 0 spiro atoms. The first-order valence-electron chi connectivity index (χ1n) is 6.22. The lowest BCUT2D eigenvalue weighted by Gasteiger charge is -2.14. The highest BCUT2D eigenvalue weighted by Gasteiger charge is 2.18. The number of nitrogens with one attached hydrogen (secondary N) is 1. The Kier molecular flexibility index (Phi) is 3.65. The first kappa shape index (κ1) is 13.9. The highest BCUT2D eigenvalue weighted by molar-refractivity contribution is 6.04. The molecule has 0 fully saturated rings. The summed E-state index contributed by atoms with van der Waals surface area (Å²) in [5, 5.41) is 13.3. The summed E-state index contributed by atoms with van der Waals surface area (Å²) in [6, 6.07) is 5.05. The number of nitrogens with zero attached hydrogens (tertiary/aromatic N) is 1. The third-order valence-electron chi connectivity index (χ3n) is 2.95. The molecule has 6 heteroatoms. The molecule has 0 bridgehead atoms. The average molecular weight is 276 g/mol. The fourth-order valence-electron chi connectivity index (χ4n) is 2.11. The monoisotopic (exact) mass is 276 g/mol. The van der Waals surface area contributed by atoms with Gasteiger partial charge < -0.3 is 19.7 Å². The lowest BCUT2D eigenvalue weighted by Crippen LogP contribution is -2.20.